The summed E-state index contributed by atoms with van der Waals surface area (Å²) in [6.45, 7) is 4.08. The first-order valence-electron chi connectivity index (χ1n) is 10.1. The fraction of sp³-hybridized carbons (Fsp3) is 0.318. The van der Waals surface area contributed by atoms with Gasteiger partial charge in [-0.25, -0.2) is 9.37 Å². The Bertz CT molecular complexity index is 1290. The quantitative estimate of drug-likeness (QED) is 0.457. The smallest absolute Gasteiger partial charge is 0.359 e. The minimum absolute atomic E-state index is 0.0384. The molecule has 1 aliphatic rings. The third-order valence-electron chi connectivity index (χ3n) is 6.02. The van der Waals surface area contributed by atoms with Crippen molar-refractivity contribution in [3.8, 4) is 6.07 Å². The summed E-state index contributed by atoms with van der Waals surface area (Å²) in [5.41, 5.74) is 0.683. The highest BCUT2D eigenvalue weighted by atomic mass is 19.1. The first-order valence-corrected chi connectivity index (χ1v) is 10.1. The van der Waals surface area contributed by atoms with E-state index in [9.17, 15) is 24.6 Å². The molecule has 0 unspecified atom stereocenters. The van der Waals surface area contributed by atoms with Gasteiger partial charge < -0.3 is 9.47 Å². The van der Waals surface area contributed by atoms with Gasteiger partial charge in [-0.05, 0) is 36.8 Å². The van der Waals surface area contributed by atoms with E-state index in [1.165, 1.54) is 29.8 Å². The van der Waals surface area contributed by atoms with Crippen LogP contribution in [0.25, 0.3) is 11.0 Å². The normalized spacial score (nSPS) is 15.5. The molecule has 1 aliphatic heterocycles. The number of fused-ring (bicyclic) bond motifs is 1. The minimum atomic E-state index is -0.717. The predicted molar refractivity (Wildman–Crippen MR) is 117 cm³/mol. The number of rotatable bonds is 4. The van der Waals surface area contributed by atoms with Gasteiger partial charge >= 0.3 is 11.2 Å². The molecule has 1 aromatic carbocycles. The first kappa shape index (κ1) is 21.4. The fourth-order valence-corrected chi connectivity index (χ4v) is 4.19. The summed E-state index contributed by atoms with van der Waals surface area (Å²) in [7, 11) is 1.46. The third-order valence-corrected chi connectivity index (χ3v) is 6.02. The Morgan fingerprint density at radius 2 is 1.81 bits per heavy atom. The van der Waals surface area contributed by atoms with E-state index in [1.54, 1.807) is 23.1 Å². The Labute approximate surface area is 183 Å². The molecule has 0 bridgehead atoms. The molecule has 9 nitrogen and oxygen atoms in total. The maximum Gasteiger partial charge on any atom is 0.359 e. The summed E-state index contributed by atoms with van der Waals surface area (Å²) in [5.74, 6) is -0.292. The van der Waals surface area contributed by atoms with Gasteiger partial charge in [0, 0.05) is 39.3 Å². The van der Waals surface area contributed by atoms with Crippen molar-refractivity contribution in [3.05, 3.63) is 73.9 Å². The average Bonchev–Trinajstić information content (AvgIpc) is 2.80. The average molecular weight is 436 g/mol. The van der Waals surface area contributed by atoms with Crippen LogP contribution in [0.2, 0.25) is 0 Å². The number of nitro groups is 1. The van der Waals surface area contributed by atoms with Crippen LogP contribution in [0.5, 0.6) is 0 Å². The summed E-state index contributed by atoms with van der Waals surface area (Å²) in [5, 5.41) is 21.1. The second kappa shape index (κ2) is 8.36. The van der Waals surface area contributed by atoms with Gasteiger partial charge in [0.1, 0.15) is 23.1 Å². The summed E-state index contributed by atoms with van der Waals surface area (Å²) < 4.78 is 14.4. The van der Waals surface area contributed by atoms with E-state index in [0.717, 1.165) is 5.56 Å². The van der Waals surface area contributed by atoms with Crippen LogP contribution >= 0.6 is 0 Å². The van der Waals surface area contributed by atoms with Crippen LogP contribution in [0, 0.1) is 27.3 Å². The zero-order valence-corrected chi connectivity index (χ0v) is 17.7. The van der Waals surface area contributed by atoms with Crippen LogP contribution in [0.3, 0.4) is 0 Å². The van der Waals surface area contributed by atoms with Gasteiger partial charge in [0.2, 0.25) is 0 Å². The standard InChI is InChI=1S/C22H21FN6O3/c1-14(15-3-5-16(23)6-4-15)27-9-11-28(12-10-27)20-19-18(8-7-17(13-24)25-19)26(2)22(30)21(20)29(31)32/h3-8,14H,9-12H2,1-2H3/t14-/m0/s1. The number of piperazine rings is 1. The summed E-state index contributed by atoms with van der Waals surface area (Å²) >= 11 is 0. The van der Waals surface area contributed by atoms with Crippen molar-refractivity contribution in [2.24, 2.45) is 7.05 Å². The Balaban J connectivity index is 1.71. The SMILES string of the molecule is C[C@@H](c1ccc(F)cc1)N1CCN(c2c([N+](=O)[O-])c(=O)n(C)c3ccc(C#N)nc23)CC1. The van der Waals surface area contributed by atoms with Gasteiger partial charge in [-0.15, -0.1) is 0 Å². The molecule has 3 aromatic rings. The molecule has 1 fully saturated rings. The molecular weight excluding hydrogens is 415 g/mol. The number of nitriles is 1. The van der Waals surface area contributed by atoms with Crippen molar-refractivity contribution in [1.29, 1.82) is 5.26 Å². The van der Waals surface area contributed by atoms with Gasteiger partial charge in [-0.2, -0.15) is 5.26 Å². The highest BCUT2D eigenvalue weighted by Gasteiger charge is 2.32. The number of halogens is 1. The van der Waals surface area contributed by atoms with Crippen molar-refractivity contribution in [2.45, 2.75) is 13.0 Å². The van der Waals surface area contributed by atoms with Crippen LogP contribution in [0.4, 0.5) is 15.8 Å². The molecule has 2 aromatic heterocycles. The summed E-state index contributed by atoms with van der Waals surface area (Å²) in [6.07, 6.45) is 0. The Hall–Kier alpha value is -3.84. The first-order chi connectivity index (χ1) is 15.3. The molecule has 10 heteroatoms. The zero-order valence-electron chi connectivity index (χ0n) is 17.7. The molecule has 1 saturated heterocycles. The number of aryl methyl sites for hydroxylation is 1. The fourth-order valence-electron chi connectivity index (χ4n) is 4.19. The Morgan fingerprint density at radius 3 is 2.41 bits per heavy atom. The number of hydrogen-bond acceptors (Lipinski definition) is 7. The van der Waals surface area contributed by atoms with E-state index in [2.05, 4.69) is 9.88 Å². The van der Waals surface area contributed by atoms with Crippen molar-refractivity contribution >= 4 is 22.4 Å². The molecule has 0 saturated carbocycles. The minimum Gasteiger partial charge on any atom is -0.361 e. The van der Waals surface area contributed by atoms with Gasteiger partial charge in [0.25, 0.3) is 0 Å². The number of hydrogen-bond donors (Lipinski definition) is 0. The van der Waals surface area contributed by atoms with Crippen molar-refractivity contribution < 1.29 is 9.31 Å². The van der Waals surface area contributed by atoms with Crippen molar-refractivity contribution in [3.63, 3.8) is 0 Å². The summed E-state index contributed by atoms with van der Waals surface area (Å²) in [4.78, 5) is 32.3. The molecule has 0 amide bonds. The molecule has 0 spiro atoms. The molecular formula is C22H21FN6O3. The molecule has 0 aliphatic carbocycles. The van der Waals surface area contributed by atoms with Crippen LogP contribution in [-0.2, 0) is 7.05 Å². The Kier molecular flexibility index (Phi) is 5.59. The van der Waals surface area contributed by atoms with Crippen molar-refractivity contribution in [1.82, 2.24) is 14.5 Å². The summed E-state index contributed by atoms with van der Waals surface area (Å²) in [6, 6.07) is 11.4. The van der Waals surface area contributed by atoms with E-state index in [0.29, 0.717) is 31.7 Å². The highest BCUT2D eigenvalue weighted by Crippen LogP contribution is 2.34. The monoisotopic (exact) mass is 436 g/mol. The van der Waals surface area contributed by atoms with Crippen LogP contribution in [0.1, 0.15) is 24.2 Å². The number of pyridine rings is 2. The molecule has 4 rings (SSSR count). The lowest BCUT2D eigenvalue weighted by molar-refractivity contribution is -0.385. The van der Waals surface area contributed by atoms with Crippen molar-refractivity contribution in [2.75, 3.05) is 31.1 Å². The van der Waals surface area contributed by atoms with E-state index in [-0.39, 0.29) is 28.8 Å². The lowest BCUT2D eigenvalue weighted by Crippen LogP contribution is -2.48. The largest absolute Gasteiger partial charge is 0.361 e. The van der Waals surface area contributed by atoms with Crippen LogP contribution in [-0.4, -0.2) is 45.6 Å². The van der Waals surface area contributed by atoms with Crippen LogP contribution < -0.4 is 10.5 Å². The van der Waals surface area contributed by atoms with E-state index in [4.69, 9.17) is 0 Å². The molecule has 0 radical (unpaired) electrons. The lowest BCUT2D eigenvalue weighted by Gasteiger charge is -2.39. The van der Waals surface area contributed by atoms with Gasteiger partial charge in [0.15, 0.2) is 5.69 Å². The number of nitrogens with zero attached hydrogens (tertiary/aromatic N) is 6. The number of benzene rings is 1. The Morgan fingerprint density at radius 1 is 1.16 bits per heavy atom. The van der Waals surface area contributed by atoms with Gasteiger partial charge in [-0.1, -0.05) is 12.1 Å². The second-order valence-corrected chi connectivity index (χ2v) is 7.75. The van der Waals surface area contributed by atoms with E-state index in [1.807, 2.05) is 13.0 Å². The van der Waals surface area contributed by atoms with Gasteiger partial charge in [-0.3, -0.25) is 19.8 Å². The number of aromatic nitrogens is 2. The van der Waals surface area contributed by atoms with E-state index < -0.39 is 16.2 Å². The lowest BCUT2D eigenvalue weighted by atomic mass is 10.1. The molecule has 0 N–H and O–H groups in total. The third kappa shape index (κ3) is 3.67. The number of anilines is 1. The predicted octanol–water partition coefficient (Wildman–Crippen LogP) is 2.74. The topological polar surface area (TPSA) is 108 Å². The van der Waals surface area contributed by atoms with E-state index >= 15 is 0 Å². The highest BCUT2D eigenvalue weighted by molar-refractivity contribution is 5.94. The van der Waals surface area contributed by atoms with Gasteiger partial charge in [0.05, 0.1) is 10.4 Å². The second-order valence-electron chi connectivity index (χ2n) is 7.75. The molecule has 164 valence electrons. The molecule has 1 atom stereocenters. The zero-order chi connectivity index (χ0) is 23.0. The molecule has 32 heavy (non-hydrogen) atoms. The maximum atomic E-state index is 13.2. The maximum absolute atomic E-state index is 13.2. The van der Waals surface area contributed by atoms with Crippen LogP contribution in [0.15, 0.2) is 41.2 Å². The molecule has 3 heterocycles.